The number of amides is 1. The number of hydrogen-bond donors (Lipinski definition) is 1. The Morgan fingerprint density at radius 3 is 2.50 bits per heavy atom. The van der Waals surface area contributed by atoms with Crippen LogP contribution in [0.2, 0.25) is 0 Å². The molecule has 2 N–H and O–H groups in total. The topological polar surface area (TPSA) is 55.6 Å². The lowest BCUT2D eigenvalue weighted by molar-refractivity contribution is -0.130. The van der Waals surface area contributed by atoms with Gasteiger partial charge in [0, 0.05) is 26.6 Å². The number of carbonyl (C=O) groups excluding carboxylic acids is 1. The number of likely N-dealkylation sites (N-methyl/N-ethyl adjacent to an activating group) is 1. The van der Waals surface area contributed by atoms with Gasteiger partial charge in [0.05, 0.1) is 6.61 Å². The van der Waals surface area contributed by atoms with Crippen molar-refractivity contribution < 1.29 is 9.53 Å². The van der Waals surface area contributed by atoms with Crippen LogP contribution in [0.15, 0.2) is 0 Å². The maximum atomic E-state index is 11.9. The molecule has 0 aromatic carbocycles. The molecule has 18 heavy (non-hydrogen) atoms. The second-order valence-corrected chi connectivity index (χ2v) is 5.13. The quantitative estimate of drug-likeness (QED) is 0.609. The molecule has 0 aliphatic carbocycles. The fourth-order valence-corrected chi connectivity index (χ4v) is 2.00. The summed E-state index contributed by atoms with van der Waals surface area (Å²) in [6.07, 6.45) is 2.56. The number of nitrogens with zero attached hydrogens (tertiary/aromatic N) is 1. The molecule has 0 spiro atoms. The minimum Gasteiger partial charge on any atom is -0.380 e. The minimum atomic E-state index is 0.206. The van der Waals surface area contributed by atoms with E-state index >= 15 is 0 Å². The van der Waals surface area contributed by atoms with Crippen molar-refractivity contribution in [1.82, 2.24) is 4.90 Å². The smallest absolute Gasteiger partial charge is 0.222 e. The van der Waals surface area contributed by atoms with Gasteiger partial charge in [-0.3, -0.25) is 4.79 Å². The normalized spacial score (nSPS) is 12.8. The van der Waals surface area contributed by atoms with Gasteiger partial charge in [-0.1, -0.05) is 13.8 Å². The number of ether oxygens (including phenoxy) is 1. The van der Waals surface area contributed by atoms with Gasteiger partial charge in [0.25, 0.3) is 0 Å². The molecule has 1 atom stereocenters. The number of rotatable bonds is 10. The molecule has 1 unspecified atom stereocenters. The van der Waals surface area contributed by atoms with E-state index in [4.69, 9.17) is 10.5 Å². The third-order valence-corrected chi connectivity index (χ3v) is 3.41. The molecular weight excluding hydrogens is 228 g/mol. The van der Waals surface area contributed by atoms with Crippen LogP contribution in [0, 0.1) is 11.8 Å². The molecule has 4 nitrogen and oxygen atoms in total. The van der Waals surface area contributed by atoms with Gasteiger partial charge >= 0.3 is 0 Å². The van der Waals surface area contributed by atoms with Gasteiger partial charge in [0.1, 0.15) is 0 Å². The van der Waals surface area contributed by atoms with E-state index in [1.54, 1.807) is 4.90 Å². The fourth-order valence-electron chi connectivity index (χ4n) is 2.00. The molecule has 0 saturated heterocycles. The number of hydrogen-bond acceptors (Lipinski definition) is 3. The Balaban J connectivity index is 3.91. The highest BCUT2D eigenvalue weighted by Gasteiger charge is 2.16. The van der Waals surface area contributed by atoms with Crippen molar-refractivity contribution in [2.45, 2.75) is 40.0 Å². The van der Waals surface area contributed by atoms with E-state index in [9.17, 15) is 4.79 Å². The van der Waals surface area contributed by atoms with Crippen molar-refractivity contribution in [3.05, 3.63) is 0 Å². The van der Waals surface area contributed by atoms with E-state index in [0.29, 0.717) is 44.6 Å². The van der Waals surface area contributed by atoms with Crippen molar-refractivity contribution >= 4 is 5.91 Å². The third kappa shape index (κ3) is 7.67. The maximum Gasteiger partial charge on any atom is 0.222 e. The first-order valence-corrected chi connectivity index (χ1v) is 7.04. The molecule has 0 bridgehead atoms. The van der Waals surface area contributed by atoms with Crippen molar-refractivity contribution in [2.75, 3.05) is 33.4 Å². The predicted octanol–water partition coefficient (Wildman–Crippen LogP) is 1.88. The summed E-state index contributed by atoms with van der Waals surface area (Å²) >= 11 is 0. The van der Waals surface area contributed by atoms with Crippen LogP contribution < -0.4 is 5.73 Å². The van der Waals surface area contributed by atoms with Gasteiger partial charge in [-0.15, -0.1) is 0 Å². The van der Waals surface area contributed by atoms with Crippen molar-refractivity contribution in [1.29, 1.82) is 0 Å². The Morgan fingerprint density at radius 2 is 2.00 bits per heavy atom. The molecule has 0 aromatic heterocycles. The van der Waals surface area contributed by atoms with Gasteiger partial charge in [0.15, 0.2) is 0 Å². The largest absolute Gasteiger partial charge is 0.380 e. The van der Waals surface area contributed by atoms with Gasteiger partial charge in [0.2, 0.25) is 5.91 Å². The zero-order valence-corrected chi connectivity index (χ0v) is 12.4. The molecule has 108 valence electrons. The summed E-state index contributed by atoms with van der Waals surface area (Å²) in [5.41, 5.74) is 5.60. The summed E-state index contributed by atoms with van der Waals surface area (Å²) < 4.78 is 5.25. The molecule has 4 heteroatoms. The zero-order valence-electron chi connectivity index (χ0n) is 12.4. The highest BCUT2D eigenvalue weighted by molar-refractivity contribution is 5.75. The molecular formula is C14H30N2O2. The zero-order chi connectivity index (χ0) is 14.0. The number of nitrogens with two attached hydrogens (primary N) is 1. The average molecular weight is 258 g/mol. The summed E-state index contributed by atoms with van der Waals surface area (Å²) in [5, 5.41) is 0. The van der Waals surface area contributed by atoms with E-state index in [1.165, 1.54) is 0 Å². The van der Waals surface area contributed by atoms with Crippen LogP contribution in [0.25, 0.3) is 0 Å². The van der Waals surface area contributed by atoms with E-state index in [1.807, 2.05) is 14.0 Å². The van der Waals surface area contributed by atoms with Crippen LogP contribution in [0.4, 0.5) is 0 Å². The summed E-state index contributed by atoms with van der Waals surface area (Å²) in [4.78, 5) is 13.7. The van der Waals surface area contributed by atoms with Gasteiger partial charge in [-0.05, 0) is 38.1 Å². The first-order chi connectivity index (χ1) is 8.52. The van der Waals surface area contributed by atoms with E-state index in [0.717, 1.165) is 12.8 Å². The van der Waals surface area contributed by atoms with E-state index in [2.05, 4.69) is 13.8 Å². The summed E-state index contributed by atoms with van der Waals surface area (Å²) in [7, 11) is 1.84. The van der Waals surface area contributed by atoms with Crippen molar-refractivity contribution in [3.8, 4) is 0 Å². The van der Waals surface area contributed by atoms with E-state index in [-0.39, 0.29) is 5.91 Å². The second-order valence-electron chi connectivity index (χ2n) is 5.13. The highest BCUT2D eigenvalue weighted by Crippen LogP contribution is 2.20. The van der Waals surface area contributed by atoms with Crippen LogP contribution in [-0.2, 0) is 9.53 Å². The molecule has 0 aliphatic heterocycles. The molecule has 1 amide bonds. The SMILES string of the molecule is CCOCCN(C)C(=O)CCC(CCN)C(C)C. The first-order valence-electron chi connectivity index (χ1n) is 7.04. The summed E-state index contributed by atoms with van der Waals surface area (Å²) in [6, 6.07) is 0. The molecule has 0 saturated carbocycles. The van der Waals surface area contributed by atoms with Crippen LogP contribution in [0.5, 0.6) is 0 Å². The minimum absolute atomic E-state index is 0.206. The lowest BCUT2D eigenvalue weighted by Gasteiger charge is -2.22. The molecule has 0 rings (SSSR count). The fraction of sp³-hybridized carbons (Fsp3) is 0.929. The van der Waals surface area contributed by atoms with E-state index < -0.39 is 0 Å². The molecule has 0 aliphatic rings. The van der Waals surface area contributed by atoms with Crippen LogP contribution in [0.3, 0.4) is 0 Å². The van der Waals surface area contributed by atoms with Crippen molar-refractivity contribution in [3.63, 3.8) is 0 Å². The highest BCUT2D eigenvalue weighted by atomic mass is 16.5. The molecule has 0 radical (unpaired) electrons. The molecule has 0 aromatic rings. The number of carbonyl (C=O) groups is 1. The molecule has 0 fully saturated rings. The molecule has 0 heterocycles. The average Bonchev–Trinajstić information content (AvgIpc) is 2.33. The Kier molecular flexibility index (Phi) is 9.98. The van der Waals surface area contributed by atoms with Gasteiger partial charge in [-0.2, -0.15) is 0 Å². The van der Waals surface area contributed by atoms with Gasteiger partial charge < -0.3 is 15.4 Å². The Labute approximate surface area is 112 Å². The predicted molar refractivity (Wildman–Crippen MR) is 75.4 cm³/mol. The summed E-state index contributed by atoms with van der Waals surface area (Å²) in [6.45, 7) is 9.06. The summed E-state index contributed by atoms with van der Waals surface area (Å²) in [5.74, 6) is 1.35. The van der Waals surface area contributed by atoms with Crippen LogP contribution in [0.1, 0.15) is 40.0 Å². The standard InChI is InChI=1S/C14H30N2O2/c1-5-18-11-10-16(4)14(17)7-6-13(8-9-15)12(2)3/h12-13H,5-11,15H2,1-4H3. The van der Waals surface area contributed by atoms with Crippen LogP contribution in [-0.4, -0.2) is 44.2 Å². The van der Waals surface area contributed by atoms with Gasteiger partial charge in [-0.25, -0.2) is 0 Å². The second kappa shape index (κ2) is 10.3. The Bertz CT molecular complexity index is 220. The maximum absolute atomic E-state index is 11.9. The van der Waals surface area contributed by atoms with Crippen LogP contribution >= 0.6 is 0 Å². The Morgan fingerprint density at radius 1 is 1.33 bits per heavy atom. The Hall–Kier alpha value is -0.610. The first kappa shape index (κ1) is 17.4. The lowest BCUT2D eigenvalue weighted by Crippen LogP contribution is -2.30. The third-order valence-electron chi connectivity index (χ3n) is 3.41. The van der Waals surface area contributed by atoms with Crippen molar-refractivity contribution in [2.24, 2.45) is 17.6 Å². The lowest BCUT2D eigenvalue weighted by atomic mass is 9.88. The monoisotopic (exact) mass is 258 g/mol.